The topological polar surface area (TPSA) is 58.6 Å². The highest BCUT2D eigenvalue weighted by molar-refractivity contribution is 6.05. The quantitative estimate of drug-likeness (QED) is 0.925. The van der Waals surface area contributed by atoms with Gasteiger partial charge in [-0.3, -0.25) is 9.59 Å². The van der Waals surface area contributed by atoms with Gasteiger partial charge in [0.15, 0.2) is 0 Å². The highest BCUT2D eigenvalue weighted by Crippen LogP contribution is 2.28. The Balaban J connectivity index is 1.76. The van der Waals surface area contributed by atoms with Gasteiger partial charge in [0.2, 0.25) is 5.91 Å². The summed E-state index contributed by atoms with van der Waals surface area (Å²) in [6, 6.07) is 11.0. The van der Waals surface area contributed by atoms with E-state index in [0.29, 0.717) is 17.7 Å². The monoisotopic (exact) mass is 338 g/mol. The molecule has 0 unspecified atom stereocenters. The van der Waals surface area contributed by atoms with Gasteiger partial charge in [0.1, 0.15) is 5.75 Å². The second-order valence-corrected chi connectivity index (χ2v) is 6.29. The van der Waals surface area contributed by atoms with Gasteiger partial charge in [-0.15, -0.1) is 0 Å². The number of aryl methyl sites for hydroxylation is 2. The van der Waals surface area contributed by atoms with E-state index in [1.54, 1.807) is 25.3 Å². The molecule has 1 fully saturated rings. The van der Waals surface area contributed by atoms with Gasteiger partial charge in [0.25, 0.3) is 5.91 Å². The van der Waals surface area contributed by atoms with Crippen LogP contribution in [-0.4, -0.2) is 25.5 Å². The van der Waals surface area contributed by atoms with Crippen molar-refractivity contribution in [2.45, 2.75) is 26.7 Å². The van der Waals surface area contributed by atoms with Crippen molar-refractivity contribution in [2.24, 2.45) is 0 Å². The van der Waals surface area contributed by atoms with Crippen LogP contribution in [0.2, 0.25) is 0 Å². The number of benzene rings is 2. The van der Waals surface area contributed by atoms with Gasteiger partial charge in [0.05, 0.1) is 7.11 Å². The zero-order chi connectivity index (χ0) is 18.0. The van der Waals surface area contributed by atoms with E-state index in [0.717, 1.165) is 35.5 Å². The summed E-state index contributed by atoms with van der Waals surface area (Å²) in [5.41, 5.74) is 4.09. The lowest BCUT2D eigenvalue weighted by Gasteiger charge is -2.19. The van der Waals surface area contributed by atoms with E-state index in [1.807, 2.05) is 36.9 Å². The molecule has 1 aliphatic rings. The van der Waals surface area contributed by atoms with Gasteiger partial charge < -0.3 is 15.0 Å². The number of nitrogens with one attached hydrogen (secondary N) is 1. The minimum Gasteiger partial charge on any atom is -0.496 e. The molecule has 0 spiro atoms. The van der Waals surface area contributed by atoms with Gasteiger partial charge in [-0.05, 0) is 67.8 Å². The van der Waals surface area contributed by atoms with Crippen LogP contribution in [0.1, 0.15) is 34.3 Å². The molecule has 25 heavy (non-hydrogen) atoms. The molecular formula is C20H22N2O3. The minimum absolute atomic E-state index is 0.161. The number of ether oxygens (including phenoxy) is 1. The van der Waals surface area contributed by atoms with Crippen molar-refractivity contribution >= 4 is 23.2 Å². The molecule has 1 heterocycles. The Labute approximate surface area is 147 Å². The second kappa shape index (κ2) is 6.97. The number of hydrogen-bond acceptors (Lipinski definition) is 3. The number of nitrogens with zero attached hydrogens (tertiary/aromatic N) is 1. The Bertz CT molecular complexity index is 830. The summed E-state index contributed by atoms with van der Waals surface area (Å²) in [4.78, 5) is 26.2. The number of carbonyl (C=O) groups excluding carboxylic acids is 2. The predicted molar refractivity (Wildman–Crippen MR) is 98.5 cm³/mol. The molecule has 0 saturated carbocycles. The number of amides is 2. The highest BCUT2D eigenvalue weighted by atomic mass is 16.5. The lowest BCUT2D eigenvalue weighted by molar-refractivity contribution is -0.117. The van der Waals surface area contributed by atoms with Crippen LogP contribution >= 0.6 is 0 Å². The van der Waals surface area contributed by atoms with Gasteiger partial charge >= 0.3 is 0 Å². The summed E-state index contributed by atoms with van der Waals surface area (Å²) in [5, 5.41) is 2.91. The van der Waals surface area contributed by atoms with E-state index in [9.17, 15) is 9.59 Å². The first-order chi connectivity index (χ1) is 12.0. The standard InChI is InChI=1S/C20H22N2O3/c1-13-12-16(7-8-17(13)22-10-4-5-19(22)23)21-20(24)15-6-9-18(25-3)14(2)11-15/h6-9,11-12H,4-5,10H2,1-3H3,(H,21,24). The second-order valence-electron chi connectivity index (χ2n) is 6.29. The van der Waals surface area contributed by atoms with Gasteiger partial charge in [0, 0.05) is 29.9 Å². The molecule has 5 nitrogen and oxygen atoms in total. The lowest BCUT2D eigenvalue weighted by atomic mass is 10.1. The number of anilines is 2. The maximum absolute atomic E-state index is 12.5. The molecule has 2 aromatic carbocycles. The molecule has 2 amide bonds. The highest BCUT2D eigenvalue weighted by Gasteiger charge is 2.23. The van der Waals surface area contributed by atoms with Crippen LogP contribution in [0.4, 0.5) is 11.4 Å². The zero-order valence-electron chi connectivity index (χ0n) is 14.8. The van der Waals surface area contributed by atoms with Crippen LogP contribution in [0.3, 0.4) is 0 Å². The molecule has 2 aromatic rings. The maximum Gasteiger partial charge on any atom is 0.255 e. The van der Waals surface area contributed by atoms with Gasteiger partial charge in [-0.1, -0.05) is 0 Å². The summed E-state index contributed by atoms with van der Waals surface area (Å²) in [6.45, 7) is 4.62. The summed E-state index contributed by atoms with van der Waals surface area (Å²) in [6.07, 6.45) is 1.50. The average molecular weight is 338 g/mol. The number of hydrogen-bond donors (Lipinski definition) is 1. The van der Waals surface area contributed by atoms with Crippen LogP contribution in [0.25, 0.3) is 0 Å². The van der Waals surface area contributed by atoms with E-state index in [2.05, 4.69) is 5.32 Å². The fourth-order valence-corrected chi connectivity index (χ4v) is 3.16. The number of methoxy groups -OCH3 is 1. The van der Waals surface area contributed by atoms with Gasteiger partial charge in [-0.25, -0.2) is 0 Å². The molecule has 3 rings (SSSR count). The zero-order valence-corrected chi connectivity index (χ0v) is 14.8. The lowest BCUT2D eigenvalue weighted by Crippen LogP contribution is -2.24. The van der Waals surface area contributed by atoms with Crippen molar-refractivity contribution in [3.63, 3.8) is 0 Å². The molecule has 0 bridgehead atoms. The SMILES string of the molecule is COc1ccc(C(=O)Nc2ccc(N3CCCC3=O)c(C)c2)cc1C. The summed E-state index contributed by atoms with van der Waals surface area (Å²) in [5.74, 6) is 0.746. The Kier molecular flexibility index (Phi) is 4.74. The van der Waals surface area contributed by atoms with E-state index < -0.39 is 0 Å². The molecule has 0 aromatic heterocycles. The van der Waals surface area contributed by atoms with Crippen LogP contribution in [0.5, 0.6) is 5.75 Å². The fourth-order valence-electron chi connectivity index (χ4n) is 3.16. The first-order valence-corrected chi connectivity index (χ1v) is 8.36. The van der Waals surface area contributed by atoms with Crippen molar-refractivity contribution in [1.29, 1.82) is 0 Å². The molecule has 1 saturated heterocycles. The summed E-state index contributed by atoms with van der Waals surface area (Å²) in [7, 11) is 1.61. The number of rotatable bonds is 4. The molecule has 0 atom stereocenters. The van der Waals surface area contributed by atoms with Crippen molar-refractivity contribution in [2.75, 3.05) is 23.9 Å². The van der Waals surface area contributed by atoms with Crippen molar-refractivity contribution < 1.29 is 14.3 Å². The normalized spacial score (nSPS) is 13.9. The predicted octanol–water partition coefficient (Wildman–Crippen LogP) is 3.69. The molecule has 5 heteroatoms. The molecule has 130 valence electrons. The Morgan fingerprint density at radius 3 is 2.52 bits per heavy atom. The molecule has 1 aliphatic heterocycles. The first-order valence-electron chi connectivity index (χ1n) is 8.36. The van der Waals surface area contributed by atoms with Crippen LogP contribution in [0.15, 0.2) is 36.4 Å². The van der Waals surface area contributed by atoms with E-state index in [-0.39, 0.29) is 11.8 Å². The Morgan fingerprint density at radius 1 is 1.12 bits per heavy atom. The molecule has 0 aliphatic carbocycles. The van der Waals surface area contributed by atoms with Crippen molar-refractivity contribution in [3.05, 3.63) is 53.1 Å². The molecule has 0 radical (unpaired) electrons. The summed E-state index contributed by atoms with van der Waals surface area (Å²) < 4.78 is 5.22. The third-order valence-corrected chi connectivity index (χ3v) is 4.48. The van der Waals surface area contributed by atoms with E-state index in [4.69, 9.17) is 4.74 Å². The maximum atomic E-state index is 12.5. The smallest absolute Gasteiger partial charge is 0.255 e. The Hall–Kier alpha value is -2.82. The third-order valence-electron chi connectivity index (χ3n) is 4.48. The third kappa shape index (κ3) is 3.50. The molecular weight excluding hydrogens is 316 g/mol. The fraction of sp³-hybridized carbons (Fsp3) is 0.300. The summed E-state index contributed by atoms with van der Waals surface area (Å²) >= 11 is 0. The molecule has 1 N–H and O–H groups in total. The number of carbonyl (C=O) groups is 2. The Morgan fingerprint density at radius 2 is 1.92 bits per heavy atom. The van der Waals surface area contributed by atoms with E-state index in [1.165, 1.54) is 0 Å². The van der Waals surface area contributed by atoms with Gasteiger partial charge in [-0.2, -0.15) is 0 Å². The van der Waals surface area contributed by atoms with Crippen molar-refractivity contribution in [3.8, 4) is 5.75 Å². The van der Waals surface area contributed by atoms with Crippen LogP contribution in [0, 0.1) is 13.8 Å². The first kappa shape index (κ1) is 17.0. The average Bonchev–Trinajstić information content (AvgIpc) is 3.00. The van der Waals surface area contributed by atoms with Crippen LogP contribution < -0.4 is 15.0 Å². The van der Waals surface area contributed by atoms with Crippen molar-refractivity contribution in [1.82, 2.24) is 0 Å². The minimum atomic E-state index is -0.171. The largest absolute Gasteiger partial charge is 0.496 e. The van der Waals surface area contributed by atoms with Crippen LogP contribution in [-0.2, 0) is 4.79 Å². The van der Waals surface area contributed by atoms with E-state index >= 15 is 0 Å².